The molecule has 102 valence electrons. The summed E-state index contributed by atoms with van der Waals surface area (Å²) in [6.07, 6.45) is 3.30. The summed E-state index contributed by atoms with van der Waals surface area (Å²) < 4.78 is 1.32. The lowest BCUT2D eigenvalue weighted by molar-refractivity contribution is 0.779. The molecule has 0 amide bonds. The molecule has 0 aliphatic heterocycles. The number of aryl methyl sites for hydroxylation is 1. The molecule has 20 heavy (non-hydrogen) atoms. The number of fused-ring (bicyclic) bond motifs is 1. The number of aromatic nitrogens is 1. The van der Waals surface area contributed by atoms with Crippen molar-refractivity contribution in [3.63, 3.8) is 0 Å². The SMILES string of the molecule is CCCCc1nc(N)ccc1-c1csc2ccccc12. The maximum Gasteiger partial charge on any atom is 0.123 e. The van der Waals surface area contributed by atoms with Crippen molar-refractivity contribution in [1.82, 2.24) is 4.98 Å². The van der Waals surface area contributed by atoms with E-state index >= 15 is 0 Å². The number of hydrogen-bond acceptors (Lipinski definition) is 3. The third-order valence-electron chi connectivity index (χ3n) is 3.53. The van der Waals surface area contributed by atoms with E-state index in [0.29, 0.717) is 5.82 Å². The largest absolute Gasteiger partial charge is 0.384 e. The molecular formula is C17H18N2S. The number of nitrogens with zero attached hydrogens (tertiary/aromatic N) is 1. The first-order valence-corrected chi connectivity index (χ1v) is 7.89. The Labute approximate surface area is 123 Å². The van der Waals surface area contributed by atoms with Crippen LogP contribution >= 0.6 is 11.3 Å². The van der Waals surface area contributed by atoms with Crippen LogP contribution in [0.3, 0.4) is 0 Å². The molecule has 3 heteroatoms. The zero-order valence-corrected chi connectivity index (χ0v) is 12.4. The summed E-state index contributed by atoms with van der Waals surface area (Å²) >= 11 is 1.79. The van der Waals surface area contributed by atoms with Crippen LogP contribution in [0.2, 0.25) is 0 Å². The van der Waals surface area contributed by atoms with Crippen LogP contribution in [0.4, 0.5) is 5.82 Å². The molecule has 1 aromatic carbocycles. The fourth-order valence-corrected chi connectivity index (χ4v) is 3.45. The van der Waals surface area contributed by atoms with Gasteiger partial charge in [0.25, 0.3) is 0 Å². The molecule has 0 atom stereocenters. The molecule has 0 radical (unpaired) electrons. The number of nitrogens with two attached hydrogens (primary N) is 1. The summed E-state index contributed by atoms with van der Waals surface area (Å²) in [5.41, 5.74) is 9.49. The van der Waals surface area contributed by atoms with Gasteiger partial charge in [-0.3, -0.25) is 0 Å². The second-order valence-corrected chi connectivity index (χ2v) is 5.89. The van der Waals surface area contributed by atoms with Crippen LogP contribution in [0.15, 0.2) is 41.8 Å². The topological polar surface area (TPSA) is 38.9 Å². The van der Waals surface area contributed by atoms with Crippen LogP contribution in [0.1, 0.15) is 25.5 Å². The minimum atomic E-state index is 0.611. The van der Waals surface area contributed by atoms with E-state index in [-0.39, 0.29) is 0 Å². The van der Waals surface area contributed by atoms with Crippen LogP contribution in [-0.2, 0) is 6.42 Å². The van der Waals surface area contributed by atoms with E-state index in [1.165, 1.54) is 27.6 Å². The van der Waals surface area contributed by atoms with Gasteiger partial charge in [-0.1, -0.05) is 31.5 Å². The van der Waals surface area contributed by atoms with Gasteiger partial charge in [-0.25, -0.2) is 4.98 Å². The van der Waals surface area contributed by atoms with Crippen molar-refractivity contribution in [1.29, 1.82) is 0 Å². The van der Waals surface area contributed by atoms with E-state index in [1.807, 2.05) is 6.07 Å². The fraction of sp³-hybridized carbons (Fsp3) is 0.235. The van der Waals surface area contributed by atoms with Crippen molar-refractivity contribution < 1.29 is 0 Å². The van der Waals surface area contributed by atoms with Crippen LogP contribution in [0.5, 0.6) is 0 Å². The number of thiophene rings is 1. The lowest BCUT2D eigenvalue weighted by atomic mass is 10.0. The molecule has 3 aromatic rings. The van der Waals surface area contributed by atoms with Crippen LogP contribution < -0.4 is 5.73 Å². The first-order valence-electron chi connectivity index (χ1n) is 7.01. The quantitative estimate of drug-likeness (QED) is 0.740. The number of hydrogen-bond donors (Lipinski definition) is 1. The van der Waals surface area contributed by atoms with E-state index in [9.17, 15) is 0 Å². The average molecular weight is 282 g/mol. The van der Waals surface area contributed by atoms with Crippen LogP contribution in [0.25, 0.3) is 21.2 Å². The molecular weight excluding hydrogens is 264 g/mol. The van der Waals surface area contributed by atoms with E-state index in [0.717, 1.165) is 18.5 Å². The van der Waals surface area contributed by atoms with Gasteiger partial charge in [0.05, 0.1) is 5.69 Å². The van der Waals surface area contributed by atoms with Gasteiger partial charge in [0.15, 0.2) is 0 Å². The van der Waals surface area contributed by atoms with E-state index < -0.39 is 0 Å². The molecule has 0 spiro atoms. The Balaban J connectivity index is 2.13. The lowest BCUT2D eigenvalue weighted by Gasteiger charge is -2.09. The summed E-state index contributed by atoms with van der Waals surface area (Å²) in [6.45, 7) is 2.20. The van der Waals surface area contributed by atoms with Crippen molar-refractivity contribution in [2.75, 3.05) is 5.73 Å². The lowest BCUT2D eigenvalue weighted by Crippen LogP contribution is -1.98. The van der Waals surface area contributed by atoms with Gasteiger partial charge < -0.3 is 5.73 Å². The maximum absolute atomic E-state index is 5.86. The number of nitrogen functional groups attached to an aromatic ring is 1. The first-order chi connectivity index (χ1) is 9.79. The Kier molecular flexibility index (Phi) is 3.70. The summed E-state index contributed by atoms with van der Waals surface area (Å²) in [7, 11) is 0. The Morgan fingerprint density at radius 3 is 2.80 bits per heavy atom. The van der Waals surface area contributed by atoms with Gasteiger partial charge in [-0.05, 0) is 36.4 Å². The summed E-state index contributed by atoms with van der Waals surface area (Å²) in [4.78, 5) is 4.56. The standard InChI is InChI=1S/C17H18N2S/c1-2-3-7-15-12(9-10-17(18)19-15)14-11-20-16-8-5-4-6-13(14)16/h4-6,8-11H,2-3,7H2,1H3,(H2,18,19). The second-order valence-electron chi connectivity index (χ2n) is 4.98. The third kappa shape index (κ3) is 2.41. The molecule has 2 heterocycles. The molecule has 3 rings (SSSR count). The van der Waals surface area contributed by atoms with Crippen molar-refractivity contribution in [2.24, 2.45) is 0 Å². The van der Waals surface area contributed by atoms with Crippen LogP contribution in [-0.4, -0.2) is 4.98 Å². The molecule has 2 aromatic heterocycles. The average Bonchev–Trinajstić information content (AvgIpc) is 2.89. The molecule has 2 nitrogen and oxygen atoms in total. The molecule has 0 fully saturated rings. The van der Waals surface area contributed by atoms with Crippen molar-refractivity contribution in [2.45, 2.75) is 26.2 Å². The Hall–Kier alpha value is -1.87. The molecule has 2 N–H and O–H groups in total. The summed E-state index contributed by atoms with van der Waals surface area (Å²) in [5, 5.41) is 3.54. The first kappa shape index (κ1) is 13.1. The Morgan fingerprint density at radius 2 is 1.95 bits per heavy atom. The number of unbranched alkanes of at least 4 members (excludes halogenated alkanes) is 1. The van der Waals surface area contributed by atoms with Gasteiger partial charge in [0.2, 0.25) is 0 Å². The van der Waals surface area contributed by atoms with E-state index in [2.05, 4.69) is 47.6 Å². The highest BCUT2D eigenvalue weighted by atomic mass is 32.1. The number of pyridine rings is 1. The normalized spacial score (nSPS) is 11.1. The van der Waals surface area contributed by atoms with Gasteiger partial charge in [-0.2, -0.15) is 0 Å². The highest BCUT2D eigenvalue weighted by Crippen LogP contribution is 2.35. The van der Waals surface area contributed by atoms with Crippen LogP contribution in [0, 0.1) is 0 Å². The van der Waals surface area contributed by atoms with Gasteiger partial charge in [-0.15, -0.1) is 11.3 Å². The minimum Gasteiger partial charge on any atom is -0.384 e. The molecule has 0 unspecified atom stereocenters. The van der Waals surface area contributed by atoms with Gasteiger partial charge in [0.1, 0.15) is 5.82 Å². The predicted molar refractivity (Wildman–Crippen MR) is 88.1 cm³/mol. The van der Waals surface area contributed by atoms with Gasteiger partial charge in [0, 0.05) is 21.2 Å². The number of rotatable bonds is 4. The summed E-state index contributed by atoms with van der Waals surface area (Å²) in [5.74, 6) is 0.611. The molecule has 0 aliphatic rings. The maximum atomic E-state index is 5.86. The fourth-order valence-electron chi connectivity index (χ4n) is 2.48. The highest BCUT2D eigenvalue weighted by molar-refractivity contribution is 7.17. The summed E-state index contributed by atoms with van der Waals surface area (Å²) in [6, 6.07) is 12.5. The number of benzene rings is 1. The Morgan fingerprint density at radius 1 is 1.10 bits per heavy atom. The van der Waals surface area contributed by atoms with E-state index in [4.69, 9.17) is 5.73 Å². The van der Waals surface area contributed by atoms with Crippen molar-refractivity contribution >= 4 is 27.2 Å². The predicted octanol–water partition coefficient (Wildman–Crippen LogP) is 4.89. The number of anilines is 1. The third-order valence-corrected chi connectivity index (χ3v) is 4.50. The minimum absolute atomic E-state index is 0.611. The van der Waals surface area contributed by atoms with Crippen molar-refractivity contribution in [3.05, 3.63) is 47.5 Å². The van der Waals surface area contributed by atoms with Crippen molar-refractivity contribution in [3.8, 4) is 11.1 Å². The molecule has 0 bridgehead atoms. The highest BCUT2D eigenvalue weighted by Gasteiger charge is 2.11. The zero-order chi connectivity index (χ0) is 13.9. The second kappa shape index (κ2) is 5.63. The monoisotopic (exact) mass is 282 g/mol. The molecule has 0 saturated carbocycles. The smallest absolute Gasteiger partial charge is 0.123 e. The zero-order valence-electron chi connectivity index (χ0n) is 11.6. The van der Waals surface area contributed by atoms with Gasteiger partial charge >= 0.3 is 0 Å². The molecule has 0 aliphatic carbocycles. The molecule has 0 saturated heterocycles. The van der Waals surface area contributed by atoms with E-state index in [1.54, 1.807) is 11.3 Å². The Bertz CT molecular complexity index is 731.